The highest BCUT2D eigenvalue weighted by Gasteiger charge is 2.27. The van der Waals surface area contributed by atoms with Crippen LogP contribution in [0.1, 0.15) is 10.5 Å². The van der Waals surface area contributed by atoms with Gasteiger partial charge in [-0.25, -0.2) is 27.0 Å². The molecular weight excluding hydrogens is 326 g/mol. The van der Waals surface area contributed by atoms with E-state index in [4.69, 9.17) is 0 Å². The molecule has 0 saturated heterocycles. The number of methoxy groups -OCH3 is 1. The van der Waals surface area contributed by atoms with Crippen LogP contribution in [-0.4, -0.2) is 26.5 Å². The lowest BCUT2D eigenvalue weighted by Crippen LogP contribution is -2.17. The molecule has 0 atom stereocenters. The monoisotopic (exact) mass is 334 g/mol. The number of benzene rings is 1. The van der Waals surface area contributed by atoms with Crippen LogP contribution in [0, 0.1) is 11.6 Å². The van der Waals surface area contributed by atoms with Gasteiger partial charge in [-0.05, 0) is 12.1 Å². The topological polar surface area (TPSA) is 85.4 Å². The van der Waals surface area contributed by atoms with Crippen LogP contribution in [0.15, 0.2) is 27.9 Å². The van der Waals surface area contributed by atoms with Crippen molar-refractivity contribution in [3.05, 3.63) is 41.0 Å². The molecule has 2 aromatic rings. The molecule has 10 heteroatoms. The fourth-order valence-corrected chi connectivity index (χ4v) is 3.63. The van der Waals surface area contributed by atoms with E-state index in [0.717, 1.165) is 30.8 Å². The molecule has 0 aliphatic rings. The number of anilines is 1. The van der Waals surface area contributed by atoms with Crippen LogP contribution in [0.4, 0.5) is 14.5 Å². The zero-order chi connectivity index (χ0) is 15.6. The first kappa shape index (κ1) is 15.3. The summed E-state index contributed by atoms with van der Waals surface area (Å²) in [4.78, 5) is 15.0. The number of carbonyl (C=O) groups is 1. The number of hydrogen-bond donors (Lipinski definition) is 1. The zero-order valence-electron chi connectivity index (χ0n) is 10.5. The highest BCUT2D eigenvalue weighted by atomic mass is 32.2. The third kappa shape index (κ3) is 3.00. The Morgan fingerprint density at radius 2 is 2.10 bits per heavy atom. The summed E-state index contributed by atoms with van der Waals surface area (Å²) in [5.41, 5.74) is 0.133. The van der Waals surface area contributed by atoms with Gasteiger partial charge in [0.2, 0.25) is 0 Å². The van der Waals surface area contributed by atoms with E-state index in [1.807, 2.05) is 4.72 Å². The van der Waals surface area contributed by atoms with E-state index in [1.54, 1.807) is 0 Å². The molecule has 0 spiro atoms. The van der Waals surface area contributed by atoms with Gasteiger partial charge < -0.3 is 4.74 Å². The number of esters is 1. The maximum atomic E-state index is 13.5. The number of ether oxygens (including phenoxy) is 1. The molecule has 21 heavy (non-hydrogen) atoms. The van der Waals surface area contributed by atoms with E-state index in [-0.39, 0.29) is 0 Å². The largest absolute Gasteiger partial charge is 0.464 e. The molecule has 0 saturated carbocycles. The summed E-state index contributed by atoms with van der Waals surface area (Å²) in [5.74, 6) is -3.49. The van der Waals surface area contributed by atoms with E-state index < -0.39 is 43.2 Å². The average molecular weight is 334 g/mol. The zero-order valence-corrected chi connectivity index (χ0v) is 12.1. The van der Waals surface area contributed by atoms with Crippen molar-refractivity contribution in [3.63, 3.8) is 0 Å². The molecule has 0 aliphatic heterocycles. The first-order chi connectivity index (χ1) is 9.86. The van der Waals surface area contributed by atoms with E-state index in [9.17, 15) is 22.0 Å². The second-order valence-electron chi connectivity index (χ2n) is 3.69. The van der Waals surface area contributed by atoms with Crippen molar-refractivity contribution in [1.82, 2.24) is 4.98 Å². The molecule has 0 radical (unpaired) electrons. The Labute approximate surface area is 122 Å². The molecule has 0 fully saturated rings. The molecule has 112 valence electrons. The van der Waals surface area contributed by atoms with Gasteiger partial charge in [-0.3, -0.25) is 4.72 Å². The molecule has 1 aromatic heterocycles. The fraction of sp³-hybridized carbons (Fsp3) is 0.0909. The van der Waals surface area contributed by atoms with E-state index in [0.29, 0.717) is 11.3 Å². The van der Waals surface area contributed by atoms with Crippen molar-refractivity contribution in [2.45, 2.75) is 4.21 Å². The number of rotatable bonds is 4. The summed E-state index contributed by atoms with van der Waals surface area (Å²) < 4.78 is 56.6. The smallest absolute Gasteiger partial charge is 0.358 e. The highest BCUT2D eigenvalue weighted by molar-refractivity contribution is 7.94. The van der Waals surface area contributed by atoms with Crippen molar-refractivity contribution >= 4 is 33.0 Å². The van der Waals surface area contributed by atoms with Crippen molar-refractivity contribution in [1.29, 1.82) is 0 Å². The Morgan fingerprint density at radius 1 is 1.38 bits per heavy atom. The van der Waals surface area contributed by atoms with Gasteiger partial charge in [0.1, 0.15) is 0 Å². The van der Waals surface area contributed by atoms with Crippen LogP contribution in [0.3, 0.4) is 0 Å². The fourth-order valence-electron chi connectivity index (χ4n) is 1.43. The summed E-state index contributed by atoms with van der Waals surface area (Å²) in [5, 5.41) is 0. The van der Waals surface area contributed by atoms with Crippen LogP contribution in [0.2, 0.25) is 0 Å². The summed E-state index contributed by atoms with van der Waals surface area (Å²) in [6.45, 7) is 0. The SMILES string of the molecule is COC(=O)c1ncsc1S(=O)(=O)Nc1cccc(F)c1F. The molecule has 0 aliphatic carbocycles. The van der Waals surface area contributed by atoms with Crippen LogP contribution in [0.25, 0.3) is 0 Å². The van der Waals surface area contributed by atoms with Crippen molar-refractivity contribution in [3.8, 4) is 0 Å². The van der Waals surface area contributed by atoms with Gasteiger partial charge in [-0.2, -0.15) is 0 Å². The number of thiazole rings is 1. The van der Waals surface area contributed by atoms with Crippen molar-refractivity contribution < 1.29 is 26.7 Å². The summed E-state index contributed by atoms with van der Waals surface area (Å²) >= 11 is 0.651. The Morgan fingerprint density at radius 3 is 2.76 bits per heavy atom. The molecule has 2 rings (SSSR count). The number of hydrogen-bond acceptors (Lipinski definition) is 6. The second-order valence-corrected chi connectivity index (χ2v) is 6.42. The van der Waals surface area contributed by atoms with Crippen molar-refractivity contribution in [2.24, 2.45) is 0 Å². The van der Waals surface area contributed by atoms with E-state index in [2.05, 4.69) is 9.72 Å². The molecule has 1 heterocycles. The molecule has 0 bridgehead atoms. The normalized spacial score (nSPS) is 11.2. The van der Waals surface area contributed by atoms with Gasteiger partial charge in [0.25, 0.3) is 10.0 Å². The number of halogens is 2. The van der Waals surface area contributed by atoms with Gasteiger partial charge >= 0.3 is 5.97 Å². The van der Waals surface area contributed by atoms with Crippen LogP contribution in [-0.2, 0) is 14.8 Å². The molecule has 6 nitrogen and oxygen atoms in total. The Bertz CT molecular complexity index is 789. The van der Waals surface area contributed by atoms with E-state index >= 15 is 0 Å². The maximum Gasteiger partial charge on any atom is 0.358 e. The van der Waals surface area contributed by atoms with Gasteiger partial charge in [-0.15, -0.1) is 11.3 Å². The predicted octanol–water partition coefficient (Wildman–Crippen LogP) is 2.01. The Kier molecular flexibility index (Phi) is 4.19. The lowest BCUT2D eigenvalue weighted by Gasteiger charge is -2.08. The van der Waals surface area contributed by atoms with Crippen LogP contribution in [0.5, 0.6) is 0 Å². The van der Waals surface area contributed by atoms with Gasteiger partial charge in [0, 0.05) is 0 Å². The summed E-state index contributed by atoms with van der Waals surface area (Å²) in [7, 11) is -3.23. The van der Waals surface area contributed by atoms with Crippen LogP contribution >= 0.6 is 11.3 Å². The minimum Gasteiger partial charge on any atom is -0.464 e. The van der Waals surface area contributed by atoms with Gasteiger partial charge in [-0.1, -0.05) is 6.07 Å². The highest BCUT2D eigenvalue weighted by Crippen LogP contribution is 2.25. The quantitative estimate of drug-likeness (QED) is 0.865. The molecule has 0 amide bonds. The molecule has 1 N–H and O–H groups in total. The first-order valence-electron chi connectivity index (χ1n) is 5.35. The molecule has 0 unspecified atom stereocenters. The number of nitrogens with one attached hydrogen (secondary N) is 1. The lowest BCUT2D eigenvalue weighted by atomic mass is 10.3. The standard InChI is InChI=1S/C11H8F2N2O4S2/c1-19-10(16)9-11(20-5-14-9)21(17,18)15-7-4-2-3-6(12)8(7)13/h2-5,15H,1H3. The number of aromatic nitrogens is 1. The summed E-state index contributed by atoms with van der Waals surface area (Å²) in [6, 6.07) is 3.04. The Hall–Kier alpha value is -2.07. The minimum absolute atomic E-state index is 0.424. The molecule has 1 aromatic carbocycles. The predicted molar refractivity (Wildman–Crippen MR) is 70.6 cm³/mol. The minimum atomic E-state index is -4.30. The Balaban J connectivity index is 2.42. The van der Waals surface area contributed by atoms with Gasteiger partial charge in [0.05, 0.1) is 18.3 Å². The second kappa shape index (κ2) is 5.74. The maximum absolute atomic E-state index is 13.5. The summed E-state index contributed by atoms with van der Waals surface area (Å²) in [6.07, 6.45) is 0. The lowest BCUT2D eigenvalue weighted by molar-refractivity contribution is 0.0590. The van der Waals surface area contributed by atoms with Gasteiger partial charge in [0.15, 0.2) is 21.5 Å². The number of carbonyl (C=O) groups excluding carboxylic acids is 1. The van der Waals surface area contributed by atoms with E-state index in [1.165, 1.54) is 0 Å². The average Bonchev–Trinajstić information content (AvgIpc) is 2.93. The van der Waals surface area contributed by atoms with Crippen LogP contribution < -0.4 is 4.72 Å². The third-order valence-electron chi connectivity index (χ3n) is 2.35. The van der Waals surface area contributed by atoms with Crippen molar-refractivity contribution in [2.75, 3.05) is 11.8 Å². The first-order valence-corrected chi connectivity index (χ1v) is 7.71. The number of sulfonamides is 1. The third-order valence-corrected chi connectivity index (χ3v) is 5.09. The molecular formula is C11H8F2N2O4S2. The number of nitrogens with zero attached hydrogens (tertiary/aromatic N) is 1.